The van der Waals surface area contributed by atoms with Crippen LogP contribution in [0.4, 0.5) is 5.69 Å². The fraction of sp³-hybridized carbons (Fsp3) is 0.0769. The van der Waals surface area contributed by atoms with Crippen LogP contribution in [0, 0.1) is 6.92 Å². The number of sulfonamides is 1. The molecule has 3 nitrogen and oxygen atoms in total. The minimum atomic E-state index is -3.66. The van der Waals surface area contributed by atoms with Crippen molar-refractivity contribution < 1.29 is 8.42 Å². The maximum Gasteiger partial charge on any atom is 0.263 e. The van der Waals surface area contributed by atoms with Crippen molar-refractivity contribution in [2.75, 3.05) is 4.72 Å². The molecule has 0 radical (unpaired) electrons. The Bertz CT molecular complexity index is 760. The van der Waals surface area contributed by atoms with E-state index in [9.17, 15) is 8.42 Å². The smallest absolute Gasteiger partial charge is 0.263 e. The van der Waals surface area contributed by atoms with Crippen LogP contribution in [0.5, 0.6) is 0 Å². The number of hydrogen-bond acceptors (Lipinski definition) is 2. The van der Waals surface area contributed by atoms with Gasteiger partial charge in [0, 0.05) is 13.4 Å². The topological polar surface area (TPSA) is 46.2 Å². The molecule has 0 aromatic heterocycles. The van der Waals surface area contributed by atoms with Crippen molar-refractivity contribution >= 4 is 63.5 Å². The third kappa shape index (κ3) is 3.44. The van der Waals surface area contributed by atoms with E-state index in [2.05, 4.69) is 52.5 Å². The highest BCUT2D eigenvalue weighted by Crippen LogP contribution is 2.31. The maximum atomic E-state index is 12.5. The molecule has 2 aromatic carbocycles. The fourth-order valence-corrected chi connectivity index (χ4v) is 4.68. The average molecular weight is 484 g/mol. The molecule has 2 aromatic rings. The highest BCUT2D eigenvalue weighted by Gasteiger charge is 2.19. The van der Waals surface area contributed by atoms with Gasteiger partial charge in [0.05, 0.1) is 5.69 Å². The lowest BCUT2D eigenvalue weighted by Gasteiger charge is -2.12. The monoisotopic (exact) mass is 481 g/mol. The molecule has 20 heavy (non-hydrogen) atoms. The molecule has 0 heterocycles. The van der Waals surface area contributed by atoms with Gasteiger partial charge in [-0.3, -0.25) is 4.72 Å². The minimum Gasteiger partial charge on any atom is -0.278 e. The van der Waals surface area contributed by atoms with Crippen molar-refractivity contribution in [2.45, 2.75) is 11.8 Å². The summed E-state index contributed by atoms with van der Waals surface area (Å²) in [6, 6.07) is 10.4. The Balaban J connectivity index is 2.46. The van der Waals surface area contributed by atoms with Crippen LogP contribution in [-0.4, -0.2) is 8.42 Å². The molecule has 0 saturated heterocycles. The summed E-state index contributed by atoms with van der Waals surface area (Å²) >= 11 is 9.93. The fourth-order valence-electron chi connectivity index (χ4n) is 1.61. The van der Waals surface area contributed by atoms with Gasteiger partial charge >= 0.3 is 0 Å². The predicted molar refractivity (Wildman–Crippen MR) is 91.5 cm³/mol. The molecule has 0 bridgehead atoms. The van der Waals surface area contributed by atoms with Crippen LogP contribution >= 0.6 is 47.8 Å². The molecule has 0 aliphatic carbocycles. The van der Waals surface area contributed by atoms with Gasteiger partial charge in [-0.05, 0) is 68.6 Å². The largest absolute Gasteiger partial charge is 0.278 e. The lowest BCUT2D eigenvalue weighted by Crippen LogP contribution is -2.14. The summed E-state index contributed by atoms with van der Waals surface area (Å²) in [5, 5.41) is 0. The summed E-state index contributed by atoms with van der Waals surface area (Å²) < 4.78 is 29.4. The van der Waals surface area contributed by atoms with Gasteiger partial charge in [-0.2, -0.15) is 0 Å². The summed E-state index contributed by atoms with van der Waals surface area (Å²) in [6.07, 6.45) is 0. The van der Waals surface area contributed by atoms with Gasteiger partial charge < -0.3 is 0 Å². The van der Waals surface area contributed by atoms with Gasteiger partial charge in [-0.25, -0.2) is 8.42 Å². The van der Waals surface area contributed by atoms with Crippen LogP contribution in [0.2, 0.25) is 0 Å². The second-order valence-electron chi connectivity index (χ2n) is 4.12. The normalized spacial score (nSPS) is 11.4. The molecule has 0 fully saturated rings. The molecule has 0 aliphatic rings. The SMILES string of the molecule is Cc1cccc(NS(=O)(=O)c2cc(Br)ccc2Br)c1Br. The number of nitrogens with one attached hydrogen (secondary N) is 1. The second-order valence-corrected chi connectivity index (χ2v) is 8.33. The van der Waals surface area contributed by atoms with Crippen molar-refractivity contribution in [3.63, 3.8) is 0 Å². The first-order valence-corrected chi connectivity index (χ1v) is 9.40. The van der Waals surface area contributed by atoms with E-state index >= 15 is 0 Å². The summed E-state index contributed by atoms with van der Waals surface area (Å²) in [6.45, 7) is 1.90. The van der Waals surface area contributed by atoms with Gasteiger partial charge in [0.15, 0.2) is 0 Å². The van der Waals surface area contributed by atoms with Gasteiger partial charge in [0.25, 0.3) is 10.0 Å². The highest BCUT2D eigenvalue weighted by molar-refractivity contribution is 9.11. The third-order valence-electron chi connectivity index (χ3n) is 2.62. The Kier molecular flexibility index (Phi) is 4.94. The quantitative estimate of drug-likeness (QED) is 0.661. The summed E-state index contributed by atoms with van der Waals surface area (Å²) in [5.41, 5.74) is 1.47. The molecule has 106 valence electrons. The zero-order valence-corrected chi connectivity index (χ0v) is 15.9. The van der Waals surface area contributed by atoms with Gasteiger partial charge in [0.2, 0.25) is 0 Å². The van der Waals surface area contributed by atoms with Crippen LogP contribution in [0.15, 0.2) is 54.7 Å². The molecular formula is C13H10Br3NO2S. The number of anilines is 1. The van der Waals surface area contributed by atoms with Crippen molar-refractivity contribution in [1.82, 2.24) is 0 Å². The Labute approximate surface area is 143 Å². The van der Waals surface area contributed by atoms with Gasteiger partial charge in [-0.1, -0.05) is 28.1 Å². The van der Waals surface area contributed by atoms with Crippen molar-refractivity contribution in [2.24, 2.45) is 0 Å². The lowest BCUT2D eigenvalue weighted by molar-refractivity contribution is 0.600. The molecular weight excluding hydrogens is 474 g/mol. The molecule has 0 amide bonds. The summed E-state index contributed by atoms with van der Waals surface area (Å²) in [7, 11) is -3.66. The highest BCUT2D eigenvalue weighted by atomic mass is 79.9. The number of hydrogen-bond donors (Lipinski definition) is 1. The van der Waals surface area contributed by atoms with E-state index in [0.717, 1.165) is 10.0 Å². The number of rotatable bonds is 3. The molecule has 1 N–H and O–H groups in total. The first-order chi connectivity index (χ1) is 9.31. The number of benzene rings is 2. The Morgan fingerprint density at radius 2 is 1.75 bits per heavy atom. The van der Waals surface area contributed by atoms with Gasteiger partial charge in [-0.15, -0.1) is 0 Å². The van der Waals surface area contributed by atoms with Crippen LogP contribution in [-0.2, 0) is 10.0 Å². The van der Waals surface area contributed by atoms with Gasteiger partial charge in [0.1, 0.15) is 4.90 Å². The third-order valence-corrected chi connectivity index (χ3v) is 6.52. The predicted octanol–water partition coefficient (Wildman–Crippen LogP) is 5.08. The molecule has 2 rings (SSSR count). The second kappa shape index (κ2) is 6.17. The Hall–Kier alpha value is -0.370. The van der Waals surface area contributed by atoms with Crippen molar-refractivity contribution in [3.05, 3.63) is 55.4 Å². The Morgan fingerprint density at radius 3 is 2.45 bits per heavy atom. The van der Waals surface area contributed by atoms with Crippen LogP contribution in [0.1, 0.15) is 5.56 Å². The van der Waals surface area contributed by atoms with E-state index in [1.807, 2.05) is 13.0 Å². The average Bonchev–Trinajstić information content (AvgIpc) is 2.37. The van der Waals surface area contributed by atoms with E-state index < -0.39 is 10.0 Å². The first-order valence-electron chi connectivity index (χ1n) is 5.54. The minimum absolute atomic E-state index is 0.181. The van der Waals surface area contributed by atoms with E-state index in [0.29, 0.717) is 14.6 Å². The zero-order chi connectivity index (χ0) is 14.9. The number of aryl methyl sites for hydroxylation is 1. The summed E-state index contributed by atoms with van der Waals surface area (Å²) in [5.74, 6) is 0. The standard InChI is InChI=1S/C13H10Br3NO2S/c1-8-3-2-4-11(13(8)16)17-20(18,19)12-7-9(14)5-6-10(12)15/h2-7,17H,1H3. The van der Waals surface area contributed by atoms with Crippen LogP contribution in [0.3, 0.4) is 0 Å². The van der Waals surface area contributed by atoms with E-state index in [1.54, 1.807) is 30.3 Å². The first kappa shape index (κ1) is 16.0. The molecule has 0 spiro atoms. The van der Waals surface area contributed by atoms with Crippen molar-refractivity contribution in [1.29, 1.82) is 0 Å². The lowest BCUT2D eigenvalue weighted by atomic mass is 10.2. The maximum absolute atomic E-state index is 12.5. The molecule has 0 atom stereocenters. The summed E-state index contributed by atoms with van der Waals surface area (Å²) in [4.78, 5) is 0.181. The van der Waals surface area contributed by atoms with E-state index in [4.69, 9.17) is 0 Å². The zero-order valence-electron chi connectivity index (χ0n) is 10.3. The van der Waals surface area contributed by atoms with Crippen molar-refractivity contribution in [3.8, 4) is 0 Å². The van der Waals surface area contributed by atoms with E-state index in [1.165, 1.54) is 0 Å². The van der Waals surface area contributed by atoms with Crippen LogP contribution in [0.25, 0.3) is 0 Å². The number of halogens is 3. The molecule has 0 saturated carbocycles. The Morgan fingerprint density at radius 1 is 1.05 bits per heavy atom. The van der Waals surface area contributed by atoms with E-state index in [-0.39, 0.29) is 4.90 Å². The van der Waals surface area contributed by atoms with Crippen LogP contribution < -0.4 is 4.72 Å². The molecule has 7 heteroatoms. The molecule has 0 unspecified atom stereocenters. The molecule has 0 aliphatic heterocycles.